The predicted molar refractivity (Wildman–Crippen MR) is 107 cm³/mol. The number of rotatable bonds is 5. The van der Waals surface area contributed by atoms with Gasteiger partial charge in [-0.3, -0.25) is 4.79 Å². The number of nitrogens with zero attached hydrogens (tertiary/aromatic N) is 4. The van der Waals surface area contributed by atoms with Gasteiger partial charge in [0.15, 0.2) is 21.9 Å². The molecule has 0 saturated carbocycles. The minimum atomic E-state index is -0.362. The summed E-state index contributed by atoms with van der Waals surface area (Å²) >= 11 is 8.72. The van der Waals surface area contributed by atoms with Crippen molar-refractivity contribution in [3.63, 3.8) is 0 Å². The van der Waals surface area contributed by atoms with Crippen LogP contribution in [0.15, 0.2) is 45.4 Å². The van der Waals surface area contributed by atoms with E-state index in [-0.39, 0.29) is 11.2 Å². The normalized spacial score (nSPS) is 12.4. The molecule has 1 amide bonds. The van der Waals surface area contributed by atoms with E-state index in [4.69, 9.17) is 16.0 Å². The minimum Gasteiger partial charge on any atom is -0.453 e. The summed E-state index contributed by atoms with van der Waals surface area (Å²) in [6.07, 6.45) is 1.65. The highest BCUT2D eigenvalue weighted by Gasteiger charge is 2.21. The van der Waals surface area contributed by atoms with Gasteiger partial charge in [-0.2, -0.15) is 0 Å². The fraction of sp³-hybridized carbons (Fsp3) is 0.176. The summed E-state index contributed by atoms with van der Waals surface area (Å²) in [5.41, 5.74) is 0.725. The third-order valence-corrected chi connectivity index (χ3v) is 5.91. The van der Waals surface area contributed by atoms with Gasteiger partial charge in [0.05, 0.1) is 5.25 Å². The average molecular weight is 420 g/mol. The Hall–Kier alpha value is -2.36. The van der Waals surface area contributed by atoms with E-state index in [1.54, 1.807) is 16.8 Å². The van der Waals surface area contributed by atoms with E-state index in [2.05, 4.69) is 20.5 Å². The van der Waals surface area contributed by atoms with Crippen molar-refractivity contribution in [1.82, 2.24) is 19.7 Å². The lowest BCUT2D eigenvalue weighted by Gasteiger charge is -2.09. The molecule has 138 valence electrons. The van der Waals surface area contributed by atoms with Gasteiger partial charge in [0.2, 0.25) is 5.91 Å². The minimum absolute atomic E-state index is 0.141. The summed E-state index contributed by atoms with van der Waals surface area (Å²) in [5.74, 6) is 1.03. The van der Waals surface area contributed by atoms with E-state index in [0.29, 0.717) is 26.9 Å². The first kappa shape index (κ1) is 18.0. The zero-order valence-electron chi connectivity index (χ0n) is 14.3. The highest BCUT2D eigenvalue weighted by atomic mass is 35.5. The van der Waals surface area contributed by atoms with Crippen LogP contribution in [0, 0.1) is 0 Å². The topological polar surface area (TPSA) is 85.8 Å². The number of nitrogens with one attached hydrogen (secondary N) is 1. The second kappa shape index (κ2) is 7.34. The molecule has 1 aromatic carbocycles. The van der Waals surface area contributed by atoms with Crippen molar-refractivity contribution >= 4 is 56.7 Å². The summed E-state index contributed by atoms with van der Waals surface area (Å²) in [5, 5.41) is 15.4. The van der Waals surface area contributed by atoms with Gasteiger partial charge in [0, 0.05) is 29.0 Å². The zero-order valence-corrected chi connectivity index (χ0v) is 16.7. The molecule has 10 heteroatoms. The summed E-state index contributed by atoms with van der Waals surface area (Å²) in [7, 11) is 1.84. The molecule has 0 bridgehead atoms. The molecule has 0 fully saturated rings. The SMILES string of the molecule is C[C@H](Sc1nnc(-c2cc3cc(Cl)ccc3o2)n1C)C(=O)Nc1nccs1. The van der Waals surface area contributed by atoms with Crippen LogP contribution in [0.4, 0.5) is 5.13 Å². The number of fused-ring (bicyclic) bond motifs is 1. The number of thiazole rings is 1. The quantitative estimate of drug-likeness (QED) is 0.481. The number of thioether (sulfide) groups is 1. The molecule has 0 radical (unpaired) electrons. The van der Waals surface area contributed by atoms with Gasteiger partial charge >= 0.3 is 0 Å². The molecule has 0 aliphatic heterocycles. The molecular weight excluding hydrogens is 406 g/mol. The van der Waals surface area contributed by atoms with Crippen molar-refractivity contribution in [3.05, 3.63) is 40.9 Å². The number of aromatic nitrogens is 4. The second-order valence-corrected chi connectivity index (χ2v) is 8.38. The van der Waals surface area contributed by atoms with Crippen molar-refractivity contribution in [2.24, 2.45) is 7.05 Å². The third-order valence-electron chi connectivity index (χ3n) is 3.85. The molecule has 4 aromatic rings. The molecule has 3 aromatic heterocycles. The molecule has 4 rings (SSSR count). The van der Waals surface area contributed by atoms with E-state index < -0.39 is 0 Å². The lowest BCUT2D eigenvalue weighted by Crippen LogP contribution is -2.22. The van der Waals surface area contributed by atoms with Gasteiger partial charge in [-0.15, -0.1) is 21.5 Å². The van der Waals surface area contributed by atoms with Crippen molar-refractivity contribution in [1.29, 1.82) is 0 Å². The fourth-order valence-corrected chi connectivity index (χ4v) is 3.99. The molecule has 0 spiro atoms. The summed E-state index contributed by atoms with van der Waals surface area (Å²) < 4.78 is 7.65. The Labute approximate surface area is 167 Å². The van der Waals surface area contributed by atoms with Crippen LogP contribution in [-0.4, -0.2) is 30.9 Å². The van der Waals surface area contributed by atoms with Gasteiger partial charge in [0.1, 0.15) is 5.58 Å². The highest BCUT2D eigenvalue weighted by Crippen LogP contribution is 2.31. The number of anilines is 1. The maximum absolute atomic E-state index is 12.3. The molecule has 1 N–H and O–H groups in total. The molecular formula is C17H14ClN5O2S2. The van der Waals surface area contributed by atoms with Crippen LogP contribution in [0.3, 0.4) is 0 Å². The van der Waals surface area contributed by atoms with E-state index in [9.17, 15) is 4.79 Å². The smallest absolute Gasteiger partial charge is 0.239 e. The van der Waals surface area contributed by atoms with Crippen molar-refractivity contribution in [2.75, 3.05) is 5.32 Å². The zero-order chi connectivity index (χ0) is 19.0. The first-order chi connectivity index (χ1) is 13.0. The van der Waals surface area contributed by atoms with Gasteiger partial charge < -0.3 is 14.3 Å². The Kier molecular flexibility index (Phi) is 4.90. The van der Waals surface area contributed by atoms with Crippen LogP contribution >= 0.6 is 34.7 Å². The van der Waals surface area contributed by atoms with Gasteiger partial charge in [0.25, 0.3) is 0 Å². The fourth-order valence-electron chi connectivity index (χ4n) is 2.46. The maximum atomic E-state index is 12.3. The number of hydrogen-bond donors (Lipinski definition) is 1. The van der Waals surface area contributed by atoms with Crippen molar-refractivity contribution in [3.8, 4) is 11.6 Å². The molecule has 0 aliphatic rings. The second-order valence-electron chi connectivity index (χ2n) is 5.74. The monoisotopic (exact) mass is 419 g/mol. The summed E-state index contributed by atoms with van der Waals surface area (Å²) in [6.45, 7) is 1.81. The van der Waals surface area contributed by atoms with E-state index in [1.165, 1.54) is 23.1 Å². The largest absolute Gasteiger partial charge is 0.453 e. The Bertz CT molecular complexity index is 1110. The van der Waals surface area contributed by atoms with Crippen LogP contribution in [0.5, 0.6) is 0 Å². The van der Waals surface area contributed by atoms with E-state index in [0.717, 1.165) is 11.0 Å². The number of amides is 1. The number of carbonyl (C=O) groups is 1. The molecule has 0 aliphatic carbocycles. The average Bonchev–Trinajstić information content (AvgIpc) is 3.35. The van der Waals surface area contributed by atoms with E-state index >= 15 is 0 Å². The van der Waals surface area contributed by atoms with Gasteiger partial charge in [-0.1, -0.05) is 23.4 Å². The van der Waals surface area contributed by atoms with Gasteiger partial charge in [-0.05, 0) is 31.2 Å². The van der Waals surface area contributed by atoms with Crippen molar-refractivity contribution < 1.29 is 9.21 Å². The number of benzene rings is 1. The lowest BCUT2D eigenvalue weighted by molar-refractivity contribution is -0.115. The molecule has 0 saturated heterocycles. The third kappa shape index (κ3) is 3.71. The van der Waals surface area contributed by atoms with Crippen LogP contribution in [0.1, 0.15) is 6.92 Å². The predicted octanol–water partition coefficient (Wildman–Crippen LogP) is 4.46. The molecule has 0 unspecified atom stereocenters. The molecule has 3 heterocycles. The Morgan fingerprint density at radius 2 is 2.22 bits per heavy atom. The van der Waals surface area contributed by atoms with Crippen LogP contribution in [0.25, 0.3) is 22.6 Å². The summed E-state index contributed by atoms with van der Waals surface area (Å²) in [6, 6.07) is 7.30. The Morgan fingerprint density at radius 3 is 3.00 bits per heavy atom. The van der Waals surface area contributed by atoms with Crippen LogP contribution in [0.2, 0.25) is 5.02 Å². The Morgan fingerprint density at radius 1 is 1.37 bits per heavy atom. The number of furan rings is 1. The first-order valence-corrected chi connectivity index (χ1v) is 10.1. The molecule has 1 atom stereocenters. The lowest BCUT2D eigenvalue weighted by atomic mass is 10.2. The maximum Gasteiger partial charge on any atom is 0.239 e. The number of carbonyl (C=O) groups excluding carboxylic acids is 1. The first-order valence-electron chi connectivity index (χ1n) is 7.97. The molecule has 27 heavy (non-hydrogen) atoms. The van der Waals surface area contributed by atoms with Crippen LogP contribution < -0.4 is 5.32 Å². The van der Waals surface area contributed by atoms with Gasteiger partial charge in [-0.25, -0.2) is 4.98 Å². The Balaban J connectivity index is 1.53. The number of halogens is 1. The van der Waals surface area contributed by atoms with Crippen LogP contribution in [-0.2, 0) is 11.8 Å². The highest BCUT2D eigenvalue weighted by molar-refractivity contribution is 8.00. The molecule has 7 nitrogen and oxygen atoms in total. The van der Waals surface area contributed by atoms with Crippen molar-refractivity contribution in [2.45, 2.75) is 17.3 Å². The van der Waals surface area contributed by atoms with E-state index in [1.807, 2.05) is 37.6 Å². The standard InChI is InChI=1S/C17H14ClN5O2S2/c1-9(15(24)20-16-19-5-6-26-16)27-17-22-21-14(23(17)2)13-8-10-7-11(18)3-4-12(10)25-13/h3-9H,1-2H3,(H,19,20,24)/t9-/m0/s1. The summed E-state index contributed by atoms with van der Waals surface area (Å²) in [4.78, 5) is 16.4. The number of hydrogen-bond acceptors (Lipinski definition) is 7.